The van der Waals surface area contributed by atoms with Crippen molar-refractivity contribution in [1.29, 1.82) is 0 Å². The third-order valence-corrected chi connectivity index (χ3v) is 2.89. The lowest BCUT2D eigenvalue weighted by atomic mass is 10.2. The summed E-state index contributed by atoms with van der Waals surface area (Å²) in [6.45, 7) is 4.43. The molecular weight excluding hydrogens is 240 g/mol. The van der Waals surface area contributed by atoms with Gasteiger partial charge in [0, 0.05) is 26.6 Å². The van der Waals surface area contributed by atoms with E-state index in [4.69, 9.17) is 4.74 Å². The highest BCUT2D eigenvalue weighted by atomic mass is 16.5. The molecule has 1 aromatic carbocycles. The van der Waals surface area contributed by atoms with Gasteiger partial charge in [-0.25, -0.2) is 0 Å². The molecule has 1 heterocycles. The zero-order chi connectivity index (χ0) is 13.5. The molecule has 0 aliphatic rings. The fraction of sp³-hybridized carbons (Fsp3) is 0.429. The summed E-state index contributed by atoms with van der Waals surface area (Å²) >= 11 is 0. The molecule has 1 N–H and O–H groups in total. The fourth-order valence-electron chi connectivity index (χ4n) is 1.84. The predicted molar refractivity (Wildman–Crippen MR) is 74.0 cm³/mol. The van der Waals surface area contributed by atoms with E-state index < -0.39 is 0 Å². The van der Waals surface area contributed by atoms with Gasteiger partial charge in [0.2, 0.25) is 0 Å². The van der Waals surface area contributed by atoms with E-state index in [1.54, 1.807) is 6.33 Å². The number of nitrogens with one attached hydrogen (secondary N) is 1. The molecule has 0 atom stereocenters. The van der Waals surface area contributed by atoms with Crippen LogP contribution in [0.3, 0.4) is 0 Å². The minimum atomic E-state index is 0.704. The molecule has 102 valence electrons. The molecular formula is C14H20N4O. The van der Waals surface area contributed by atoms with Crippen LogP contribution in [-0.2, 0) is 20.0 Å². The monoisotopic (exact) mass is 260 g/mol. The number of aryl methyl sites for hydroxylation is 1. The molecule has 0 saturated heterocycles. The van der Waals surface area contributed by atoms with E-state index in [0.29, 0.717) is 6.61 Å². The number of hydrogen-bond donors (Lipinski definition) is 1. The lowest BCUT2D eigenvalue weighted by Gasteiger charge is -2.06. The van der Waals surface area contributed by atoms with Gasteiger partial charge < -0.3 is 14.6 Å². The minimum absolute atomic E-state index is 0.704. The summed E-state index contributed by atoms with van der Waals surface area (Å²) in [5.41, 5.74) is 1.25. The second-order valence-corrected chi connectivity index (χ2v) is 4.36. The maximum Gasteiger partial charge on any atom is 0.133 e. The van der Waals surface area contributed by atoms with E-state index in [1.165, 1.54) is 5.56 Å². The third kappa shape index (κ3) is 4.06. The maximum absolute atomic E-state index is 5.41. The number of benzene rings is 1. The SMILES string of the molecule is CCOc1ccc(CNCCc2nncn2C)cc1. The Balaban J connectivity index is 1.72. The first kappa shape index (κ1) is 13.5. The van der Waals surface area contributed by atoms with Crippen LogP contribution < -0.4 is 10.1 Å². The van der Waals surface area contributed by atoms with Crippen LogP contribution in [0.1, 0.15) is 18.3 Å². The van der Waals surface area contributed by atoms with Crippen molar-refractivity contribution in [3.8, 4) is 5.75 Å². The highest BCUT2D eigenvalue weighted by molar-refractivity contribution is 5.27. The molecule has 0 spiro atoms. The average molecular weight is 260 g/mol. The largest absolute Gasteiger partial charge is 0.494 e. The quantitative estimate of drug-likeness (QED) is 0.767. The van der Waals surface area contributed by atoms with Gasteiger partial charge in [-0.15, -0.1) is 10.2 Å². The van der Waals surface area contributed by atoms with E-state index in [9.17, 15) is 0 Å². The number of nitrogens with zero attached hydrogens (tertiary/aromatic N) is 3. The van der Waals surface area contributed by atoms with Gasteiger partial charge in [0.25, 0.3) is 0 Å². The van der Waals surface area contributed by atoms with E-state index in [-0.39, 0.29) is 0 Å². The Morgan fingerprint density at radius 3 is 2.68 bits per heavy atom. The summed E-state index contributed by atoms with van der Waals surface area (Å²) in [7, 11) is 1.96. The van der Waals surface area contributed by atoms with Crippen LogP contribution in [0.15, 0.2) is 30.6 Å². The van der Waals surface area contributed by atoms with Crippen molar-refractivity contribution < 1.29 is 4.74 Å². The highest BCUT2D eigenvalue weighted by Crippen LogP contribution is 2.11. The van der Waals surface area contributed by atoms with Gasteiger partial charge in [0.1, 0.15) is 17.9 Å². The summed E-state index contributed by atoms with van der Waals surface area (Å²) in [6, 6.07) is 8.17. The molecule has 0 fully saturated rings. The van der Waals surface area contributed by atoms with Gasteiger partial charge in [0.05, 0.1) is 6.61 Å². The van der Waals surface area contributed by atoms with E-state index in [0.717, 1.165) is 31.1 Å². The van der Waals surface area contributed by atoms with Crippen molar-refractivity contribution >= 4 is 0 Å². The standard InChI is InChI=1S/C14H20N4O/c1-3-19-13-6-4-12(5-7-13)10-15-9-8-14-17-16-11-18(14)2/h4-7,11,15H,3,8-10H2,1-2H3. The molecule has 2 aromatic rings. The van der Waals surface area contributed by atoms with Crippen molar-refractivity contribution in [3.05, 3.63) is 42.0 Å². The van der Waals surface area contributed by atoms with Crippen molar-refractivity contribution in [2.24, 2.45) is 7.05 Å². The molecule has 0 aliphatic carbocycles. The van der Waals surface area contributed by atoms with Gasteiger partial charge in [-0.05, 0) is 24.6 Å². The van der Waals surface area contributed by atoms with E-state index >= 15 is 0 Å². The van der Waals surface area contributed by atoms with Crippen LogP contribution in [0, 0.1) is 0 Å². The van der Waals surface area contributed by atoms with E-state index in [2.05, 4.69) is 27.6 Å². The summed E-state index contributed by atoms with van der Waals surface area (Å²) in [4.78, 5) is 0. The number of ether oxygens (including phenoxy) is 1. The zero-order valence-corrected chi connectivity index (χ0v) is 11.5. The second kappa shape index (κ2) is 6.89. The number of aromatic nitrogens is 3. The van der Waals surface area contributed by atoms with Crippen LogP contribution in [0.25, 0.3) is 0 Å². The lowest BCUT2D eigenvalue weighted by molar-refractivity contribution is 0.340. The first-order valence-electron chi connectivity index (χ1n) is 6.55. The Bertz CT molecular complexity index is 492. The molecule has 5 nitrogen and oxygen atoms in total. The molecule has 5 heteroatoms. The van der Waals surface area contributed by atoms with Crippen LogP contribution in [0.4, 0.5) is 0 Å². The number of rotatable bonds is 7. The Morgan fingerprint density at radius 1 is 1.26 bits per heavy atom. The van der Waals surface area contributed by atoms with Gasteiger partial charge in [0.15, 0.2) is 0 Å². The van der Waals surface area contributed by atoms with Gasteiger partial charge in [-0.3, -0.25) is 0 Å². The third-order valence-electron chi connectivity index (χ3n) is 2.89. The van der Waals surface area contributed by atoms with E-state index in [1.807, 2.05) is 30.7 Å². The van der Waals surface area contributed by atoms with Crippen LogP contribution >= 0.6 is 0 Å². The Kier molecular flexibility index (Phi) is 4.92. The normalized spacial score (nSPS) is 10.6. The smallest absolute Gasteiger partial charge is 0.133 e. The Morgan fingerprint density at radius 2 is 2.05 bits per heavy atom. The van der Waals surface area contributed by atoms with Crippen LogP contribution in [-0.4, -0.2) is 27.9 Å². The molecule has 1 aromatic heterocycles. The summed E-state index contributed by atoms with van der Waals surface area (Å²) in [6.07, 6.45) is 2.61. The average Bonchev–Trinajstić information content (AvgIpc) is 2.83. The highest BCUT2D eigenvalue weighted by Gasteiger charge is 2.00. The van der Waals surface area contributed by atoms with Crippen molar-refractivity contribution in [2.75, 3.05) is 13.2 Å². The number of hydrogen-bond acceptors (Lipinski definition) is 4. The van der Waals surface area contributed by atoms with Gasteiger partial charge in [-0.1, -0.05) is 12.1 Å². The van der Waals surface area contributed by atoms with Gasteiger partial charge in [-0.2, -0.15) is 0 Å². The van der Waals surface area contributed by atoms with Crippen LogP contribution in [0.2, 0.25) is 0 Å². The molecule has 0 aliphatic heterocycles. The van der Waals surface area contributed by atoms with Crippen molar-refractivity contribution in [2.45, 2.75) is 19.9 Å². The van der Waals surface area contributed by atoms with Gasteiger partial charge >= 0.3 is 0 Å². The first-order chi connectivity index (χ1) is 9.29. The molecule has 2 rings (SSSR count). The summed E-state index contributed by atoms with van der Waals surface area (Å²) in [5.74, 6) is 1.92. The predicted octanol–water partition coefficient (Wildman–Crippen LogP) is 1.55. The lowest BCUT2D eigenvalue weighted by Crippen LogP contribution is -2.18. The van der Waals surface area contributed by atoms with Crippen molar-refractivity contribution in [3.63, 3.8) is 0 Å². The second-order valence-electron chi connectivity index (χ2n) is 4.36. The minimum Gasteiger partial charge on any atom is -0.494 e. The molecule has 0 unspecified atom stereocenters. The molecule has 0 bridgehead atoms. The zero-order valence-electron chi connectivity index (χ0n) is 11.5. The molecule has 0 amide bonds. The van der Waals surface area contributed by atoms with Crippen LogP contribution in [0.5, 0.6) is 5.75 Å². The Hall–Kier alpha value is -1.88. The fourth-order valence-corrected chi connectivity index (χ4v) is 1.84. The Labute approximate surface area is 113 Å². The molecule has 0 saturated carbocycles. The van der Waals surface area contributed by atoms with Crippen molar-refractivity contribution in [1.82, 2.24) is 20.1 Å². The molecule has 0 radical (unpaired) electrons. The molecule has 19 heavy (non-hydrogen) atoms. The first-order valence-corrected chi connectivity index (χ1v) is 6.55. The summed E-state index contributed by atoms with van der Waals surface area (Å²) < 4.78 is 7.35. The maximum atomic E-state index is 5.41. The topological polar surface area (TPSA) is 52.0 Å². The summed E-state index contributed by atoms with van der Waals surface area (Å²) in [5, 5.41) is 11.3.